The van der Waals surface area contributed by atoms with E-state index in [2.05, 4.69) is 26.6 Å². The maximum Gasteiger partial charge on any atom is 0.323 e. The maximum atomic E-state index is 12.6. The number of urea groups is 2. The molecule has 0 radical (unpaired) electrons. The smallest absolute Gasteiger partial charge is 0.323 e. The Morgan fingerprint density at radius 1 is 0.588 bits per heavy atom. The summed E-state index contributed by atoms with van der Waals surface area (Å²) in [5.74, 6) is -0.227. The van der Waals surface area contributed by atoms with Crippen LogP contribution < -0.4 is 26.6 Å². The third-order valence-electron chi connectivity index (χ3n) is 4.87. The summed E-state index contributed by atoms with van der Waals surface area (Å²) in [6.07, 6.45) is 0. The van der Waals surface area contributed by atoms with Crippen molar-refractivity contribution in [1.82, 2.24) is 10.6 Å². The van der Waals surface area contributed by atoms with Crippen LogP contribution in [0, 0.1) is 0 Å². The Labute approximate surface area is 199 Å². The second-order valence-electron chi connectivity index (χ2n) is 8.09. The molecule has 0 aliphatic carbocycles. The summed E-state index contributed by atoms with van der Waals surface area (Å²) < 4.78 is 0. The van der Waals surface area contributed by atoms with Crippen LogP contribution in [0.4, 0.5) is 26.7 Å². The molecule has 8 nitrogen and oxygen atoms in total. The first-order chi connectivity index (χ1) is 16.3. The molecule has 5 N–H and O–H groups in total. The zero-order valence-electron chi connectivity index (χ0n) is 19.4. The van der Waals surface area contributed by atoms with Gasteiger partial charge in [-0.2, -0.15) is 0 Å². The fraction of sp³-hybridized carbons (Fsp3) is 0.192. The lowest BCUT2D eigenvalue weighted by Crippen LogP contribution is -2.34. The Morgan fingerprint density at radius 2 is 1.09 bits per heavy atom. The SMILES string of the molecule is CC(C)NC(=O)Nc1ccc(C(=O)NC(C)c2ccc(NC(=O)Nc3ccccc3)cc2)cc1. The molecule has 0 spiro atoms. The number of anilines is 3. The van der Waals surface area contributed by atoms with Gasteiger partial charge in [0.1, 0.15) is 0 Å². The minimum atomic E-state index is -0.333. The van der Waals surface area contributed by atoms with Crippen molar-refractivity contribution in [1.29, 1.82) is 0 Å². The molecule has 34 heavy (non-hydrogen) atoms. The lowest BCUT2D eigenvalue weighted by Gasteiger charge is -2.16. The summed E-state index contributed by atoms with van der Waals surface area (Å²) in [6.45, 7) is 5.64. The Balaban J connectivity index is 1.51. The van der Waals surface area contributed by atoms with Crippen LogP contribution in [0.15, 0.2) is 78.9 Å². The van der Waals surface area contributed by atoms with Gasteiger partial charge in [-0.05, 0) is 74.9 Å². The largest absolute Gasteiger partial charge is 0.346 e. The van der Waals surface area contributed by atoms with E-state index in [-0.39, 0.29) is 30.1 Å². The van der Waals surface area contributed by atoms with Crippen LogP contribution in [0.1, 0.15) is 42.7 Å². The first-order valence-corrected chi connectivity index (χ1v) is 11.0. The third kappa shape index (κ3) is 7.37. The quantitative estimate of drug-likeness (QED) is 0.328. The van der Waals surface area contributed by atoms with Crippen molar-refractivity contribution in [2.24, 2.45) is 0 Å². The van der Waals surface area contributed by atoms with Gasteiger partial charge < -0.3 is 26.6 Å². The van der Waals surface area contributed by atoms with Crippen molar-refractivity contribution >= 4 is 35.0 Å². The van der Waals surface area contributed by atoms with E-state index in [1.165, 1.54) is 0 Å². The van der Waals surface area contributed by atoms with Crippen LogP contribution >= 0.6 is 0 Å². The first kappa shape index (κ1) is 24.3. The minimum absolute atomic E-state index is 0.0304. The van der Waals surface area contributed by atoms with Crippen molar-refractivity contribution in [3.8, 4) is 0 Å². The van der Waals surface area contributed by atoms with Gasteiger partial charge in [-0.15, -0.1) is 0 Å². The summed E-state index contributed by atoms with van der Waals surface area (Å²) in [5, 5.41) is 14.0. The van der Waals surface area contributed by atoms with Gasteiger partial charge in [-0.25, -0.2) is 9.59 Å². The van der Waals surface area contributed by atoms with E-state index < -0.39 is 0 Å². The monoisotopic (exact) mass is 459 g/mol. The second-order valence-corrected chi connectivity index (χ2v) is 8.09. The van der Waals surface area contributed by atoms with E-state index in [4.69, 9.17) is 0 Å². The number of para-hydroxylation sites is 1. The molecule has 3 aromatic rings. The first-order valence-electron chi connectivity index (χ1n) is 11.0. The average Bonchev–Trinajstić information content (AvgIpc) is 2.80. The van der Waals surface area contributed by atoms with E-state index in [1.54, 1.807) is 48.5 Å². The number of carbonyl (C=O) groups excluding carboxylic acids is 3. The maximum absolute atomic E-state index is 12.6. The predicted octanol–water partition coefficient (Wildman–Crippen LogP) is 5.35. The Hall–Kier alpha value is -4.33. The van der Waals surface area contributed by atoms with Crippen molar-refractivity contribution in [2.45, 2.75) is 32.9 Å². The normalized spacial score (nSPS) is 11.3. The van der Waals surface area contributed by atoms with E-state index in [9.17, 15) is 14.4 Å². The highest BCUT2D eigenvalue weighted by Gasteiger charge is 2.12. The molecule has 0 heterocycles. The third-order valence-corrected chi connectivity index (χ3v) is 4.87. The van der Waals surface area contributed by atoms with E-state index in [0.29, 0.717) is 22.6 Å². The molecule has 8 heteroatoms. The van der Waals surface area contributed by atoms with Gasteiger partial charge in [0.25, 0.3) is 5.91 Å². The van der Waals surface area contributed by atoms with Crippen molar-refractivity contribution in [3.05, 3.63) is 90.0 Å². The highest BCUT2D eigenvalue weighted by atomic mass is 16.2. The molecule has 0 aliphatic rings. The summed E-state index contributed by atoms with van der Waals surface area (Å²) in [4.78, 5) is 36.5. The molecule has 0 saturated heterocycles. The molecule has 3 aromatic carbocycles. The second kappa shape index (κ2) is 11.5. The highest BCUT2D eigenvalue weighted by molar-refractivity contribution is 5.99. The zero-order chi connectivity index (χ0) is 24.5. The van der Waals surface area contributed by atoms with Crippen LogP contribution in [0.5, 0.6) is 0 Å². The summed E-state index contributed by atoms with van der Waals surface area (Å²) in [5.41, 5.74) is 3.32. The van der Waals surface area contributed by atoms with Gasteiger partial charge in [0, 0.05) is 28.7 Å². The van der Waals surface area contributed by atoms with E-state index >= 15 is 0 Å². The molecule has 0 aromatic heterocycles. The van der Waals surface area contributed by atoms with E-state index in [0.717, 1.165) is 5.56 Å². The van der Waals surface area contributed by atoms with Gasteiger partial charge in [0.15, 0.2) is 0 Å². The lowest BCUT2D eigenvalue weighted by atomic mass is 10.1. The van der Waals surface area contributed by atoms with Crippen molar-refractivity contribution < 1.29 is 14.4 Å². The topological polar surface area (TPSA) is 111 Å². The van der Waals surface area contributed by atoms with Crippen LogP contribution in [0.25, 0.3) is 0 Å². The molecule has 5 amide bonds. The van der Waals surface area contributed by atoms with E-state index in [1.807, 2.05) is 51.1 Å². The molecule has 0 bridgehead atoms. The standard InChI is InChI=1S/C26H29N5O3/c1-17(2)27-25(33)30-23-15-11-20(12-16-23)24(32)28-18(3)19-9-13-22(14-10-19)31-26(34)29-21-7-5-4-6-8-21/h4-18H,1-3H3,(H,28,32)(H2,27,30,33)(H2,29,31,34). The summed E-state index contributed by atoms with van der Waals surface area (Å²) in [7, 11) is 0. The van der Waals surface area contributed by atoms with Crippen LogP contribution in [-0.2, 0) is 0 Å². The lowest BCUT2D eigenvalue weighted by molar-refractivity contribution is 0.0940. The average molecular weight is 460 g/mol. The zero-order valence-corrected chi connectivity index (χ0v) is 19.4. The molecule has 176 valence electrons. The van der Waals surface area contributed by atoms with Gasteiger partial charge in [0.2, 0.25) is 0 Å². The molecule has 1 atom stereocenters. The van der Waals surface area contributed by atoms with Crippen molar-refractivity contribution in [2.75, 3.05) is 16.0 Å². The van der Waals surface area contributed by atoms with Crippen molar-refractivity contribution in [3.63, 3.8) is 0 Å². The fourth-order valence-electron chi connectivity index (χ4n) is 3.17. The fourth-order valence-corrected chi connectivity index (χ4v) is 3.17. The number of benzene rings is 3. The number of amides is 5. The molecular formula is C26H29N5O3. The number of hydrogen-bond acceptors (Lipinski definition) is 3. The van der Waals surface area contributed by atoms with Crippen LogP contribution in [0.2, 0.25) is 0 Å². The summed E-state index contributed by atoms with van der Waals surface area (Å²) >= 11 is 0. The molecule has 0 fully saturated rings. The Morgan fingerprint density at radius 3 is 1.65 bits per heavy atom. The number of carbonyl (C=O) groups is 3. The molecule has 0 aliphatic heterocycles. The minimum Gasteiger partial charge on any atom is -0.346 e. The number of hydrogen-bond donors (Lipinski definition) is 5. The van der Waals surface area contributed by atoms with Gasteiger partial charge >= 0.3 is 12.1 Å². The van der Waals surface area contributed by atoms with Crippen LogP contribution in [0.3, 0.4) is 0 Å². The van der Waals surface area contributed by atoms with Gasteiger partial charge in [-0.1, -0.05) is 30.3 Å². The molecule has 3 rings (SSSR count). The van der Waals surface area contributed by atoms with Crippen LogP contribution in [-0.4, -0.2) is 24.0 Å². The summed E-state index contributed by atoms with van der Waals surface area (Å²) in [6, 6.07) is 22.3. The molecule has 0 saturated carbocycles. The Bertz CT molecular complexity index is 1110. The predicted molar refractivity (Wildman–Crippen MR) is 135 cm³/mol. The Kier molecular flexibility index (Phi) is 8.23. The molecule has 1 unspecified atom stereocenters. The number of rotatable bonds is 7. The van der Waals surface area contributed by atoms with Gasteiger partial charge in [0.05, 0.1) is 6.04 Å². The highest BCUT2D eigenvalue weighted by Crippen LogP contribution is 2.18. The van der Waals surface area contributed by atoms with Gasteiger partial charge in [-0.3, -0.25) is 4.79 Å². The number of nitrogens with one attached hydrogen (secondary N) is 5. The molecular weight excluding hydrogens is 430 g/mol.